The number of ether oxygens (including phenoxy) is 2. The number of rotatable bonds is 5. The number of benzene rings is 1. The van der Waals surface area contributed by atoms with E-state index in [0.717, 1.165) is 31.2 Å². The second-order valence-electron chi connectivity index (χ2n) is 6.20. The van der Waals surface area contributed by atoms with Crippen molar-refractivity contribution in [2.24, 2.45) is 0 Å². The Morgan fingerprint density at radius 2 is 2.12 bits per heavy atom. The predicted molar refractivity (Wildman–Crippen MR) is 106 cm³/mol. The van der Waals surface area contributed by atoms with Gasteiger partial charge in [0, 0.05) is 6.04 Å². The van der Waals surface area contributed by atoms with Crippen molar-refractivity contribution in [3.05, 3.63) is 28.7 Å². The van der Waals surface area contributed by atoms with Crippen molar-refractivity contribution < 1.29 is 14.3 Å². The van der Waals surface area contributed by atoms with Crippen LogP contribution in [0.1, 0.15) is 37.7 Å². The third-order valence-electron chi connectivity index (χ3n) is 4.54. The van der Waals surface area contributed by atoms with Crippen molar-refractivity contribution in [1.29, 1.82) is 5.26 Å². The summed E-state index contributed by atoms with van der Waals surface area (Å²) in [5, 5.41) is 8.64. The highest BCUT2D eigenvalue weighted by atomic mass is 32.2. The van der Waals surface area contributed by atoms with Crippen LogP contribution in [-0.2, 0) is 4.79 Å². The van der Waals surface area contributed by atoms with Crippen LogP contribution in [0.4, 0.5) is 0 Å². The normalized spacial score (nSPS) is 19.7. The van der Waals surface area contributed by atoms with Crippen LogP contribution in [-0.4, -0.2) is 34.9 Å². The average Bonchev–Trinajstić information content (AvgIpc) is 2.94. The van der Waals surface area contributed by atoms with Crippen LogP contribution in [0.25, 0.3) is 6.08 Å². The molecule has 1 aliphatic heterocycles. The molecule has 136 valence electrons. The Hall–Kier alpha value is -2.04. The molecule has 0 N–H and O–H groups in total. The number of amides is 1. The lowest BCUT2D eigenvalue weighted by Crippen LogP contribution is -2.39. The first-order valence-electron chi connectivity index (χ1n) is 8.59. The van der Waals surface area contributed by atoms with Gasteiger partial charge in [-0.05, 0) is 36.6 Å². The summed E-state index contributed by atoms with van der Waals surface area (Å²) in [5.74, 6) is 1.02. The number of carbonyl (C=O) groups is 1. The fraction of sp³-hybridized carbons (Fsp3) is 0.421. The molecular weight excluding hydrogens is 368 g/mol. The molecule has 0 radical (unpaired) electrons. The van der Waals surface area contributed by atoms with E-state index in [2.05, 4.69) is 0 Å². The van der Waals surface area contributed by atoms with Crippen LogP contribution in [0.3, 0.4) is 0 Å². The van der Waals surface area contributed by atoms with Crippen LogP contribution in [0.5, 0.6) is 11.5 Å². The minimum absolute atomic E-state index is 0.00401. The zero-order valence-corrected chi connectivity index (χ0v) is 16.2. The zero-order chi connectivity index (χ0) is 18.5. The lowest BCUT2D eigenvalue weighted by molar-refractivity contribution is -0.124. The molecule has 1 aromatic rings. The monoisotopic (exact) mass is 388 g/mol. The molecule has 1 saturated carbocycles. The number of thiocarbonyl (C=S) groups is 1. The molecule has 2 aliphatic rings. The third-order valence-corrected chi connectivity index (χ3v) is 5.87. The lowest BCUT2D eigenvalue weighted by Gasteiger charge is -2.29. The van der Waals surface area contributed by atoms with E-state index >= 15 is 0 Å². The molecule has 0 atom stereocenters. The molecule has 0 unspecified atom stereocenters. The molecule has 1 aromatic carbocycles. The summed E-state index contributed by atoms with van der Waals surface area (Å²) >= 11 is 6.82. The minimum atomic E-state index is -0.0459. The number of nitrogens with zero attached hydrogens (tertiary/aromatic N) is 2. The maximum atomic E-state index is 12.8. The molecule has 5 nitrogen and oxygen atoms in total. The van der Waals surface area contributed by atoms with Crippen LogP contribution >= 0.6 is 24.0 Å². The Labute approximate surface area is 162 Å². The van der Waals surface area contributed by atoms with E-state index in [-0.39, 0.29) is 18.6 Å². The van der Waals surface area contributed by atoms with Crippen LogP contribution in [0.15, 0.2) is 23.1 Å². The maximum Gasteiger partial charge on any atom is 0.266 e. The van der Waals surface area contributed by atoms with Gasteiger partial charge in [-0.1, -0.05) is 49.3 Å². The van der Waals surface area contributed by atoms with Gasteiger partial charge in [0.05, 0.1) is 12.0 Å². The van der Waals surface area contributed by atoms with Gasteiger partial charge in [0.25, 0.3) is 5.91 Å². The molecule has 1 heterocycles. The predicted octanol–water partition coefficient (Wildman–Crippen LogP) is 4.13. The number of nitriles is 1. The van der Waals surface area contributed by atoms with E-state index in [4.69, 9.17) is 27.0 Å². The van der Waals surface area contributed by atoms with Crippen molar-refractivity contribution in [2.75, 3.05) is 13.7 Å². The molecule has 1 saturated heterocycles. The summed E-state index contributed by atoms with van der Waals surface area (Å²) in [6, 6.07) is 7.53. The van der Waals surface area contributed by atoms with Crippen molar-refractivity contribution in [3.8, 4) is 17.6 Å². The maximum absolute atomic E-state index is 12.8. The van der Waals surface area contributed by atoms with E-state index in [9.17, 15) is 4.79 Å². The van der Waals surface area contributed by atoms with Gasteiger partial charge < -0.3 is 9.47 Å². The molecule has 26 heavy (non-hydrogen) atoms. The Morgan fingerprint density at radius 3 is 2.81 bits per heavy atom. The van der Waals surface area contributed by atoms with Crippen molar-refractivity contribution in [2.45, 2.75) is 38.1 Å². The standard InChI is InChI=1S/C19H20N2O3S2/c1-23-16-11-13(7-8-15(16)24-10-9-20)12-17-18(22)21(19(25)26-17)14-5-3-2-4-6-14/h7-8,11-12,14H,2-6,10H2,1H3. The minimum Gasteiger partial charge on any atom is -0.493 e. The van der Waals surface area contributed by atoms with Gasteiger partial charge in [0.1, 0.15) is 10.4 Å². The Kier molecular flexibility index (Phi) is 6.17. The molecular formula is C19H20N2O3S2. The summed E-state index contributed by atoms with van der Waals surface area (Å²) in [4.78, 5) is 15.3. The highest BCUT2D eigenvalue weighted by molar-refractivity contribution is 8.26. The van der Waals surface area contributed by atoms with Gasteiger partial charge in [-0.3, -0.25) is 9.69 Å². The lowest BCUT2D eigenvalue weighted by atomic mass is 9.94. The van der Waals surface area contributed by atoms with Crippen molar-refractivity contribution in [1.82, 2.24) is 4.90 Å². The first kappa shape index (κ1) is 18.7. The van der Waals surface area contributed by atoms with Gasteiger partial charge in [-0.25, -0.2) is 0 Å². The van der Waals surface area contributed by atoms with Crippen LogP contribution in [0.2, 0.25) is 0 Å². The average molecular weight is 389 g/mol. The molecule has 7 heteroatoms. The molecule has 0 aromatic heterocycles. The van der Waals surface area contributed by atoms with Gasteiger partial charge in [0.2, 0.25) is 0 Å². The first-order chi connectivity index (χ1) is 12.6. The second-order valence-corrected chi connectivity index (χ2v) is 7.88. The topological polar surface area (TPSA) is 62.6 Å². The Morgan fingerprint density at radius 1 is 1.35 bits per heavy atom. The van der Waals surface area contributed by atoms with Crippen molar-refractivity contribution >= 4 is 40.3 Å². The van der Waals surface area contributed by atoms with E-state index in [0.29, 0.717) is 20.7 Å². The largest absolute Gasteiger partial charge is 0.493 e. The molecule has 0 bridgehead atoms. The van der Waals surface area contributed by atoms with Gasteiger partial charge in [-0.15, -0.1) is 0 Å². The highest BCUT2D eigenvalue weighted by Crippen LogP contribution is 2.38. The van der Waals surface area contributed by atoms with Gasteiger partial charge in [-0.2, -0.15) is 5.26 Å². The summed E-state index contributed by atoms with van der Waals surface area (Å²) < 4.78 is 11.3. The first-order valence-corrected chi connectivity index (χ1v) is 9.81. The highest BCUT2D eigenvalue weighted by Gasteiger charge is 2.37. The summed E-state index contributed by atoms with van der Waals surface area (Å²) in [7, 11) is 1.54. The van der Waals surface area contributed by atoms with Crippen molar-refractivity contribution in [3.63, 3.8) is 0 Å². The number of hydrogen-bond donors (Lipinski definition) is 0. The number of thioether (sulfide) groups is 1. The summed E-state index contributed by atoms with van der Waals surface area (Å²) in [6.45, 7) is -0.0459. The van der Waals surface area contributed by atoms with E-state index in [1.807, 2.05) is 18.2 Å². The van der Waals surface area contributed by atoms with E-state index in [1.54, 1.807) is 24.1 Å². The Bertz CT molecular complexity index is 779. The number of carbonyl (C=O) groups excluding carboxylic acids is 1. The molecule has 0 spiro atoms. The van der Waals surface area contributed by atoms with Crippen LogP contribution < -0.4 is 9.47 Å². The van der Waals surface area contributed by atoms with E-state index in [1.165, 1.54) is 18.2 Å². The molecule has 1 aliphatic carbocycles. The SMILES string of the molecule is COc1cc(C=C2SC(=S)N(C3CCCCC3)C2=O)ccc1OCC#N. The molecule has 2 fully saturated rings. The number of hydrogen-bond acceptors (Lipinski definition) is 6. The summed E-state index contributed by atoms with van der Waals surface area (Å²) in [6.07, 6.45) is 7.43. The molecule has 3 rings (SSSR count). The zero-order valence-electron chi connectivity index (χ0n) is 14.6. The van der Waals surface area contributed by atoms with E-state index < -0.39 is 0 Å². The fourth-order valence-corrected chi connectivity index (χ4v) is 4.69. The molecule has 1 amide bonds. The fourth-order valence-electron chi connectivity index (χ4n) is 3.29. The van der Waals surface area contributed by atoms with Crippen LogP contribution in [0, 0.1) is 11.3 Å². The van der Waals surface area contributed by atoms with Gasteiger partial charge in [0.15, 0.2) is 18.1 Å². The van der Waals surface area contributed by atoms with Gasteiger partial charge >= 0.3 is 0 Å². The Balaban J connectivity index is 1.80. The quantitative estimate of drug-likeness (QED) is 0.558. The number of methoxy groups -OCH3 is 1. The summed E-state index contributed by atoms with van der Waals surface area (Å²) in [5.41, 5.74) is 0.829. The second kappa shape index (κ2) is 8.56. The smallest absolute Gasteiger partial charge is 0.266 e. The third kappa shape index (κ3) is 4.02.